The van der Waals surface area contributed by atoms with E-state index in [9.17, 15) is 0 Å². The van der Waals surface area contributed by atoms with Crippen molar-refractivity contribution in [2.75, 3.05) is 6.54 Å². The molecule has 118 valence electrons. The van der Waals surface area contributed by atoms with Crippen LogP contribution in [0.4, 0.5) is 0 Å². The lowest BCUT2D eigenvalue weighted by Gasteiger charge is -2.42. The molecular formula is C18H30N2S. The molecule has 1 heterocycles. The quantitative estimate of drug-likeness (QED) is 0.827. The predicted molar refractivity (Wildman–Crippen MR) is 90.7 cm³/mol. The molecule has 1 aromatic rings. The molecule has 4 unspecified atom stereocenters. The van der Waals surface area contributed by atoms with Crippen LogP contribution in [-0.2, 0) is 6.42 Å². The Balaban J connectivity index is 1.61. The van der Waals surface area contributed by atoms with E-state index in [4.69, 9.17) is 0 Å². The molecule has 1 N–H and O–H groups in total. The molecule has 0 saturated heterocycles. The van der Waals surface area contributed by atoms with E-state index < -0.39 is 0 Å². The van der Waals surface area contributed by atoms with Crippen molar-refractivity contribution in [3.05, 3.63) is 16.6 Å². The number of nitrogens with zero attached hydrogens (tertiary/aromatic N) is 1. The zero-order valence-electron chi connectivity index (χ0n) is 13.4. The lowest BCUT2D eigenvalue weighted by atomic mass is 9.66. The Hall–Kier alpha value is -0.410. The minimum atomic E-state index is 0.674. The molecule has 0 aromatic carbocycles. The van der Waals surface area contributed by atoms with Crippen LogP contribution in [0.15, 0.2) is 11.7 Å². The van der Waals surface area contributed by atoms with E-state index in [1.165, 1.54) is 62.7 Å². The Morgan fingerprint density at radius 2 is 2.10 bits per heavy atom. The van der Waals surface area contributed by atoms with Crippen LogP contribution in [-0.4, -0.2) is 17.6 Å². The van der Waals surface area contributed by atoms with Gasteiger partial charge in [0, 0.05) is 17.1 Å². The molecule has 1 aromatic heterocycles. The molecule has 4 atom stereocenters. The first-order chi connectivity index (χ1) is 10.4. The van der Waals surface area contributed by atoms with Gasteiger partial charge in [0.25, 0.3) is 0 Å². The lowest BCUT2D eigenvalue weighted by molar-refractivity contribution is 0.109. The van der Waals surface area contributed by atoms with E-state index in [1.54, 1.807) is 0 Å². The van der Waals surface area contributed by atoms with Gasteiger partial charge in [-0.05, 0) is 56.4 Å². The second kappa shape index (κ2) is 7.73. The summed E-state index contributed by atoms with van der Waals surface area (Å²) in [5.41, 5.74) is 1.98. The predicted octanol–water partition coefficient (Wildman–Crippen LogP) is 4.66. The summed E-state index contributed by atoms with van der Waals surface area (Å²) in [5, 5.41) is 3.85. The van der Waals surface area contributed by atoms with Gasteiger partial charge in [-0.15, -0.1) is 11.3 Å². The fourth-order valence-electron chi connectivity index (χ4n) is 4.57. The molecule has 2 fully saturated rings. The molecule has 3 heteroatoms. The summed E-state index contributed by atoms with van der Waals surface area (Å²) >= 11 is 1.82. The largest absolute Gasteiger partial charge is 0.313 e. The van der Waals surface area contributed by atoms with E-state index in [-0.39, 0.29) is 0 Å². The fraction of sp³-hybridized carbons (Fsp3) is 0.833. The highest BCUT2D eigenvalue weighted by atomic mass is 32.1. The summed E-state index contributed by atoms with van der Waals surface area (Å²) < 4.78 is 0. The monoisotopic (exact) mass is 306 g/mol. The summed E-state index contributed by atoms with van der Waals surface area (Å²) in [5.74, 6) is 2.98. The lowest BCUT2D eigenvalue weighted by Crippen LogP contribution is -2.42. The van der Waals surface area contributed by atoms with Gasteiger partial charge >= 0.3 is 0 Å². The van der Waals surface area contributed by atoms with Crippen molar-refractivity contribution in [3.8, 4) is 0 Å². The Kier molecular flexibility index (Phi) is 5.70. The Morgan fingerprint density at radius 3 is 2.86 bits per heavy atom. The average molecular weight is 307 g/mol. The van der Waals surface area contributed by atoms with E-state index in [2.05, 4.69) is 23.4 Å². The second-order valence-electron chi connectivity index (χ2n) is 7.11. The molecule has 2 aliphatic carbocycles. The number of rotatable bonds is 6. The third-order valence-corrected chi connectivity index (χ3v) is 6.51. The van der Waals surface area contributed by atoms with Gasteiger partial charge < -0.3 is 5.32 Å². The van der Waals surface area contributed by atoms with Crippen LogP contribution in [0.1, 0.15) is 63.2 Å². The normalized spacial score (nSPS) is 30.8. The summed E-state index contributed by atoms with van der Waals surface area (Å²) in [6.07, 6.45) is 14.9. The standard InChI is InChI=1S/C18H30N2S/c1-2-9-20-18(11-17-12-19-13-21-17)16-8-7-14-5-3-4-6-15(14)10-16/h12-16,18,20H,2-11H2,1H3. The van der Waals surface area contributed by atoms with Crippen molar-refractivity contribution in [1.82, 2.24) is 10.3 Å². The fourth-order valence-corrected chi connectivity index (χ4v) is 5.22. The van der Waals surface area contributed by atoms with Crippen molar-refractivity contribution in [1.29, 1.82) is 0 Å². The van der Waals surface area contributed by atoms with Crippen LogP contribution >= 0.6 is 11.3 Å². The highest BCUT2D eigenvalue weighted by molar-refractivity contribution is 7.09. The van der Waals surface area contributed by atoms with Gasteiger partial charge in [0.1, 0.15) is 0 Å². The van der Waals surface area contributed by atoms with Crippen molar-refractivity contribution < 1.29 is 0 Å². The summed E-state index contributed by atoms with van der Waals surface area (Å²) in [6.45, 7) is 3.43. The molecule has 0 amide bonds. The van der Waals surface area contributed by atoms with E-state index in [0.29, 0.717) is 6.04 Å². The maximum Gasteiger partial charge on any atom is 0.0794 e. The number of aromatic nitrogens is 1. The number of thiazole rings is 1. The van der Waals surface area contributed by atoms with Gasteiger partial charge in [-0.2, -0.15) is 0 Å². The van der Waals surface area contributed by atoms with E-state index in [0.717, 1.165) is 24.3 Å². The first-order valence-electron chi connectivity index (χ1n) is 8.97. The summed E-state index contributed by atoms with van der Waals surface area (Å²) in [6, 6.07) is 0.674. The number of hydrogen-bond acceptors (Lipinski definition) is 3. The second-order valence-corrected chi connectivity index (χ2v) is 8.08. The van der Waals surface area contributed by atoms with Crippen LogP contribution < -0.4 is 5.32 Å². The van der Waals surface area contributed by atoms with E-state index in [1.807, 2.05) is 16.8 Å². The molecule has 21 heavy (non-hydrogen) atoms. The molecule has 2 nitrogen and oxygen atoms in total. The minimum absolute atomic E-state index is 0.674. The smallest absolute Gasteiger partial charge is 0.0794 e. The maximum atomic E-state index is 4.26. The highest BCUT2D eigenvalue weighted by Crippen LogP contribution is 2.43. The van der Waals surface area contributed by atoms with Gasteiger partial charge in [-0.3, -0.25) is 4.98 Å². The molecule has 0 aliphatic heterocycles. The van der Waals surface area contributed by atoms with Crippen molar-refractivity contribution in [2.24, 2.45) is 17.8 Å². The molecule has 0 radical (unpaired) electrons. The SMILES string of the molecule is CCCNC(Cc1cncs1)C1CCC2CCCCC2C1. The highest BCUT2D eigenvalue weighted by Gasteiger charge is 2.35. The average Bonchev–Trinajstić information content (AvgIpc) is 3.04. The number of fused-ring (bicyclic) bond motifs is 1. The summed E-state index contributed by atoms with van der Waals surface area (Å²) in [4.78, 5) is 5.71. The van der Waals surface area contributed by atoms with Crippen LogP contribution in [0.25, 0.3) is 0 Å². The Morgan fingerprint density at radius 1 is 1.24 bits per heavy atom. The molecule has 0 bridgehead atoms. The van der Waals surface area contributed by atoms with Crippen molar-refractivity contribution >= 4 is 11.3 Å². The molecule has 0 spiro atoms. The molecule has 2 aliphatic rings. The zero-order valence-corrected chi connectivity index (χ0v) is 14.2. The van der Waals surface area contributed by atoms with Crippen molar-refractivity contribution in [3.63, 3.8) is 0 Å². The van der Waals surface area contributed by atoms with Crippen LogP contribution in [0, 0.1) is 17.8 Å². The topological polar surface area (TPSA) is 24.9 Å². The van der Waals surface area contributed by atoms with Gasteiger partial charge in [-0.25, -0.2) is 0 Å². The van der Waals surface area contributed by atoms with Gasteiger partial charge in [0.2, 0.25) is 0 Å². The van der Waals surface area contributed by atoms with Crippen LogP contribution in [0.5, 0.6) is 0 Å². The molecular weight excluding hydrogens is 276 g/mol. The van der Waals surface area contributed by atoms with Crippen LogP contribution in [0.2, 0.25) is 0 Å². The Bertz CT molecular complexity index is 403. The van der Waals surface area contributed by atoms with Gasteiger partial charge in [0.05, 0.1) is 5.51 Å². The first-order valence-corrected chi connectivity index (χ1v) is 9.85. The van der Waals surface area contributed by atoms with E-state index >= 15 is 0 Å². The molecule has 3 rings (SSSR count). The first kappa shape index (κ1) is 15.5. The third kappa shape index (κ3) is 4.07. The molecule has 2 saturated carbocycles. The van der Waals surface area contributed by atoms with Gasteiger partial charge in [-0.1, -0.05) is 32.6 Å². The number of hydrogen-bond donors (Lipinski definition) is 1. The Labute approximate surface area is 133 Å². The zero-order chi connectivity index (χ0) is 14.5. The van der Waals surface area contributed by atoms with Crippen LogP contribution in [0.3, 0.4) is 0 Å². The third-order valence-electron chi connectivity index (χ3n) is 5.71. The summed E-state index contributed by atoms with van der Waals surface area (Å²) in [7, 11) is 0. The van der Waals surface area contributed by atoms with Gasteiger partial charge in [0.15, 0.2) is 0 Å². The maximum absolute atomic E-state index is 4.26. The number of nitrogens with one attached hydrogen (secondary N) is 1. The minimum Gasteiger partial charge on any atom is -0.313 e. The van der Waals surface area contributed by atoms with Crippen molar-refractivity contribution in [2.45, 2.75) is 70.8 Å².